The van der Waals surface area contributed by atoms with E-state index < -0.39 is 12.1 Å². The third-order valence-electron chi connectivity index (χ3n) is 14.8. The van der Waals surface area contributed by atoms with Crippen LogP contribution in [0.2, 0.25) is 0 Å². The maximum Gasteiger partial charge on any atom is 0.305 e. The van der Waals surface area contributed by atoms with Crippen LogP contribution in [-0.4, -0.2) is 47.4 Å². The Bertz CT molecular complexity index is 1030. The van der Waals surface area contributed by atoms with Crippen LogP contribution in [-0.2, 0) is 14.3 Å². The van der Waals surface area contributed by atoms with Gasteiger partial charge in [-0.1, -0.05) is 309 Å². The quantitative estimate of drug-likeness (QED) is 0.0321. The van der Waals surface area contributed by atoms with Crippen LogP contribution >= 0.6 is 0 Å². The maximum absolute atomic E-state index is 12.5. The van der Waals surface area contributed by atoms with Crippen LogP contribution in [0.4, 0.5) is 0 Å². The van der Waals surface area contributed by atoms with Gasteiger partial charge in [0, 0.05) is 12.8 Å². The van der Waals surface area contributed by atoms with Gasteiger partial charge in [-0.2, -0.15) is 0 Å². The summed E-state index contributed by atoms with van der Waals surface area (Å²) in [5.74, 6) is -0.0350. The fraction of sp³-hybridized carbons (Fsp3) is 0.937. The zero-order valence-corrected chi connectivity index (χ0v) is 46.8. The number of amides is 1. The molecule has 2 atom stereocenters. The highest BCUT2D eigenvalue weighted by Gasteiger charge is 2.20. The second-order valence-electron chi connectivity index (χ2n) is 21.7. The number of esters is 1. The summed E-state index contributed by atoms with van der Waals surface area (Å²) in [6, 6.07) is -0.544. The Labute approximate surface area is 431 Å². The van der Waals surface area contributed by atoms with Crippen molar-refractivity contribution in [2.75, 3.05) is 13.2 Å². The first-order chi connectivity index (χ1) is 34.0. The second kappa shape index (κ2) is 59.2. The molecule has 0 fully saturated rings. The molecule has 6 nitrogen and oxygen atoms in total. The van der Waals surface area contributed by atoms with Crippen molar-refractivity contribution in [3.8, 4) is 0 Å². The van der Waals surface area contributed by atoms with Gasteiger partial charge in [0.05, 0.1) is 25.4 Å². The molecule has 0 bridgehead atoms. The molecule has 0 aromatic rings. The molecular formula is C63H123NO5. The molecule has 0 radical (unpaired) electrons. The molecule has 0 aliphatic heterocycles. The van der Waals surface area contributed by atoms with Crippen molar-refractivity contribution in [1.82, 2.24) is 5.32 Å². The number of carbonyl (C=O) groups is 2. The maximum atomic E-state index is 12.5. The van der Waals surface area contributed by atoms with Gasteiger partial charge in [0.2, 0.25) is 5.91 Å². The number of hydrogen-bond acceptors (Lipinski definition) is 5. The number of unbranched alkanes of at least 4 members (excludes halogenated alkanes) is 46. The monoisotopic (exact) mass is 974 g/mol. The van der Waals surface area contributed by atoms with Crippen LogP contribution < -0.4 is 5.32 Å². The van der Waals surface area contributed by atoms with Gasteiger partial charge in [-0.25, -0.2) is 0 Å². The smallest absolute Gasteiger partial charge is 0.305 e. The Morgan fingerprint density at radius 3 is 1.07 bits per heavy atom. The topological polar surface area (TPSA) is 95.9 Å². The standard InChI is InChI=1S/C63H123NO5/c1-3-5-7-9-11-13-15-16-17-18-19-20-21-23-26-29-32-36-39-43-47-51-55-61(66)60(59-65)64-62(67)56-52-48-44-40-37-33-30-27-24-22-25-28-31-34-38-42-46-50-54-58-69-63(68)57-53-49-45-41-35-14-12-10-8-6-4-2/h10,12,60-61,65-66H,3-9,11,13-59H2,1-2H3,(H,64,67)/b12-10-. The highest BCUT2D eigenvalue weighted by molar-refractivity contribution is 5.76. The lowest BCUT2D eigenvalue weighted by molar-refractivity contribution is -0.143. The lowest BCUT2D eigenvalue weighted by Gasteiger charge is -2.22. The molecule has 0 aromatic carbocycles. The largest absolute Gasteiger partial charge is 0.466 e. The molecule has 0 saturated carbocycles. The predicted octanol–water partition coefficient (Wildman–Crippen LogP) is 19.6. The van der Waals surface area contributed by atoms with Crippen LogP contribution in [0.1, 0.15) is 354 Å². The zero-order valence-electron chi connectivity index (χ0n) is 46.8. The summed E-state index contributed by atoms with van der Waals surface area (Å²) in [5, 5.41) is 23.4. The van der Waals surface area contributed by atoms with E-state index in [1.54, 1.807) is 0 Å². The van der Waals surface area contributed by atoms with Gasteiger partial charge < -0.3 is 20.3 Å². The van der Waals surface area contributed by atoms with Crippen LogP contribution in [0.25, 0.3) is 0 Å². The number of ether oxygens (including phenoxy) is 1. The number of allylic oxidation sites excluding steroid dienone is 2. The van der Waals surface area contributed by atoms with E-state index in [1.807, 2.05) is 0 Å². The fourth-order valence-electron chi connectivity index (χ4n) is 9.98. The van der Waals surface area contributed by atoms with E-state index in [0.29, 0.717) is 25.9 Å². The van der Waals surface area contributed by atoms with E-state index in [0.717, 1.165) is 44.9 Å². The van der Waals surface area contributed by atoms with E-state index in [2.05, 4.69) is 31.3 Å². The Morgan fingerprint density at radius 1 is 0.391 bits per heavy atom. The summed E-state index contributed by atoms with van der Waals surface area (Å²) in [6.07, 6.45) is 70.8. The van der Waals surface area contributed by atoms with Crippen molar-refractivity contribution in [2.45, 2.75) is 366 Å². The summed E-state index contributed by atoms with van der Waals surface area (Å²) in [4.78, 5) is 24.5. The van der Waals surface area contributed by atoms with E-state index in [9.17, 15) is 19.8 Å². The first kappa shape index (κ1) is 67.6. The lowest BCUT2D eigenvalue weighted by Crippen LogP contribution is -2.45. The molecule has 0 aromatic heterocycles. The predicted molar refractivity (Wildman–Crippen MR) is 301 cm³/mol. The van der Waals surface area contributed by atoms with Gasteiger partial charge in [0.25, 0.3) is 0 Å². The summed E-state index contributed by atoms with van der Waals surface area (Å²) in [6.45, 7) is 4.94. The van der Waals surface area contributed by atoms with Gasteiger partial charge in [-0.3, -0.25) is 9.59 Å². The first-order valence-electron chi connectivity index (χ1n) is 31.4. The van der Waals surface area contributed by atoms with Gasteiger partial charge in [-0.15, -0.1) is 0 Å². The third kappa shape index (κ3) is 55.8. The molecule has 0 rings (SSSR count). The summed E-state index contributed by atoms with van der Waals surface area (Å²) in [7, 11) is 0. The fourth-order valence-corrected chi connectivity index (χ4v) is 9.98. The lowest BCUT2D eigenvalue weighted by atomic mass is 10.0. The summed E-state index contributed by atoms with van der Waals surface area (Å²) in [5.41, 5.74) is 0. The van der Waals surface area contributed by atoms with Crippen LogP contribution in [0.15, 0.2) is 12.2 Å². The highest BCUT2D eigenvalue weighted by Crippen LogP contribution is 2.18. The molecule has 0 aliphatic carbocycles. The number of hydrogen-bond donors (Lipinski definition) is 3. The number of aliphatic hydroxyl groups excluding tert-OH is 2. The minimum atomic E-state index is -0.667. The molecule has 0 saturated heterocycles. The summed E-state index contributed by atoms with van der Waals surface area (Å²) < 4.78 is 5.46. The Balaban J connectivity index is 3.40. The van der Waals surface area contributed by atoms with Crippen molar-refractivity contribution in [3.63, 3.8) is 0 Å². The van der Waals surface area contributed by atoms with E-state index in [4.69, 9.17) is 4.74 Å². The summed E-state index contributed by atoms with van der Waals surface area (Å²) >= 11 is 0. The minimum Gasteiger partial charge on any atom is -0.466 e. The molecule has 0 spiro atoms. The van der Waals surface area contributed by atoms with Gasteiger partial charge in [0.1, 0.15) is 0 Å². The average molecular weight is 975 g/mol. The van der Waals surface area contributed by atoms with Gasteiger partial charge in [0.15, 0.2) is 0 Å². The molecule has 0 heterocycles. The normalized spacial score (nSPS) is 12.6. The number of rotatable bonds is 59. The van der Waals surface area contributed by atoms with Crippen LogP contribution in [0, 0.1) is 0 Å². The number of carbonyl (C=O) groups excluding carboxylic acids is 2. The van der Waals surface area contributed by atoms with Crippen LogP contribution in [0.5, 0.6) is 0 Å². The molecule has 0 aliphatic rings. The van der Waals surface area contributed by atoms with Crippen LogP contribution in [0.3, 0.4) is 0 Å². The zero-order chi connectivity index (χ0) is 50.0. The molecule has 2 unspecified atom stereocenters. The number of aliphatic hydroxyl groups is 2. The Kier molecular flexibility index (Phi) is 58.0. The van der Waals surface area contributed by atoms with Crippen molar-refractivity contribution in [1.29, 1.82) is 0 Å². The highest BCUT2D eigenvalue weighted by atomic mass is 16.5. The van der Waals surface area contributed by atoms with Crippen molar-refractivity contribution >= 4 is 11.9 Å². The molecule has 3 N–H and O–H groups in total. The Morgan fingerprint density at radius 2 is 0.696 bits per heavy atom. The van der Waals surface area contributed by atoms with Crippen molar-refractivity contribution in [3.05, 3.63) is 12.2 Å². The molecule has 6 heteroatoms. The van der Waals surface area contributed by atoms with E-state index in [-0.39, 0.29) is 18.5 Å². The van der Waals surface area contributed by atoms with E-state index >= 15 is 0 Å². The van der Waals surface area contributed by atoms with Crippen molar-refractivity contribution < 1.29 is 24.5 Å². The minimum absolute atomic E-state index is 0.00110. The second-order valence-corrected chi connectivity index (χ2v) is 21.7. The SMILES string of the molecule is CCCC/C=C\CCCCCCCC(=O)OCCCCCCCCCCCCCCCCCCCCCC(=O)NC(CO)C(O)CCCCCCCCCCCCCCCCCCCCCCCC. The molecule has 69 heavy (non-hydrogen) atoms. The average Bonchev–Trinajstić information content (AvgIpc) is 3.35. The number of nitrogens with one attached hydrogen (secondary N) is 1. The molecule has 1 amide bonds. The van der Waals surface area contributed by atoms with Gasteiger partial charge in [-0.05, 0) is 44.9 Å². The van der Waals surface area contributed by atoms with Gasteiger partial charge >= 0.3 is 5.97 Å². The first-order valence-corrected chi connectivity index (χ1v) is 31.4. The molecule has 410 valence electrons. The third-order valence-corrected chi connectivity index (χ3v) is 14.8. The van der Waals surface area contributed by atoms with Crippen molar-refractivity contribution in [2.24, 2.45) is 0 Å². The molecular weight excluding hydrogens is 851 g/mol. The van der Waals surface area contributed by atoms with E-state index in [1.165, 1.54) is 276 Å². The Hall–Kier alpha value is -1.40.